The van der Waals surface area contributed by atoms with E-state index in [4.69, 9.17) is 0 Å². The summed E-state index contributed by atoms with van der Waals surface area (Å²) < 4.78 is 53.1. The quantitative estimate of drug-likeness (QED) is 0.337. The number of aliphatic imine (C=N–C) groups is 1. The number of hydrogen-bond acceptors (Lipinski definition) is 4. The number of amidine groups is 1. The lowest BCUT2D eigenvalue weighted by Gasteiger charge is -2.18. The molecule has 152 valence electrons. The summed E-state index contributed by atoms with van der Waals surface area (Å²) >= 11 is 0. The molecule has 1 heterocycles. The van der Waals surface area contributed by atoms with E-state index in [1.54, 1.807) is 13.8 Å². The topological polar surface area (TPSA) is 79.5 Å². The third kappa shape index (κ3) is 4.75. The van der Waals surface area contributed by atoms with Crippen LogP contribution in [0.3, 0.4) is 0 Å². The number of carbonyl (C=O) groups excluding carboxylic acids is 1. The third-order valence-corrected chi connectivity index (χ3v) is 4.24. The number of hydrogen-bond donors (Lipinski definition) is 2. The number of benzene rings is 1. The highest BCUT2D eigenvalue weighted by Crippen LogP contribution is 2.29. The second kappa shape index (κ2) is 8.51. The minimum Gasteiger partial charge on any atom is -0.390 e. The monoisotopic (exact) mass is 400 g/mol. The SMILES string of the molecule is CN=C(C)Nc1c(C=O)c(CO)nn1C(C)c1ccc(CC(F)(F)F)c(F)c1. The van der Waals surface area contributed by atoms with Crippen molar-refractivity contribution in [2.75, 3.05) is 12.4 Å². The van der Waals surface area contributed by atoms with Crippen LogP contribution in [0, 0.1) is 5.82 Å². The molecule has 1 atom stereocenters. The summed E-state index contributed by atoms with van der Waals surface area (Å²) in [5.74, 6) is -0.269. The highest BCUT2D eigenvalue weighted by atomic mass is 19.4. The van der Waals surface area contributed by atoms with E-state index in [1.807, 2.05) is 0 Å². The molecule has 0 bridgehead atoms. The van der Waals surface area contributed by atoms with Gasteiger partial charge in [0, 0.05) is 7.05 Å². The summed E-state index contributed by atoms with van der Waals surface area (Å²) in [5.41, 5.74) is 0.122. The minimum absolute atomic E-state index is 0.113. The fourth-order valence-corrected chi connectivity index (χ4v) is 2.69. The van der Waals surface area contributed by atoms with Crippen molar-refractivity contribution in [3.8, 4) is 0 Å². The lowest BCUT2D eigenvalue weighted by Crippen LogP contribution is -2.17. The Bertz CT molecular complexity index is 890. The maximum atomic E-state index is 14.2. The highest BCUT2D eigenvalue weighted by molar-refractivity contribution is 5.97. The van der Waals surface area contributed by atoms with Crippen LogP contribution in [-0.2, 0) is 13.0 Å². The van der Waals surface area contributed by atoms with Gasteiger partial charge in [-0.3, -0.25) is 9.79 Å². The number of nitrogens with one attached hydrogen (secondary N) is 1. The Morgan fingerprint density at radius 1 is 1.43 bits per heavy atom. The number of aromatic nitrogens is 2. The maximum absolute atomic E-state index is 14.2. The Kier molecular flexibility index (Phi) is 6.55. The van der Waals surface area contributed by atoms with Crippen molar-refractivity contribution >= 4 is 17.9 Å². The van der Waals surface area contributed by atoms with Crippen LogP contribution in [0.5, 0.6) is 0 Å². The van der Waals surface area contributed by atoms with Crippen LogP contribution in [0.1, 0.15) is 47.1 Å². The van der Waals surface area contributed by atoms with Crippen molar-refractivity contribution in [1.29, 1.82) is 0 Å². The van der Waals surface area contributed by atoms with E-state index in [1.165, 1.54) is 17.8 Å². The van der Waals surface area contributed by atoms with Crippen molar-refractivity contribution < 1.29 is 27.5 Å². The van der Waals surface area contributed by atoms with E-state index in [-0.39, 0.29) is 17.1 Å². The van der Waals surface area contributed by atoms with Crippen molar-refractivity contribution in [3.05, 3.63) is 46.4 Å². The number of halogens is 4. The van der Waals surface area contributed by atoms with Crippen molar-refractivity contribution in [2.45, 2.75) is 39.1 Å². The van der Waals surface area contributed by atoms with E-state index in [0.29, 0.717) is 17.7 Å². The molecule has 6 nitrogen and oxygen atoms in total. The molecule has 0 spiro atoms. The first-order chi connectivity index (χ1) is 13.1. The zero-order valence-electron chi connectivity index (χ0n) is 15.5. The number of carbonyl (C=O) groups is 1. The number of nitrogens with zero attached hydrogens (tertiary/aromatic N) is 3. The summed E-state index contributed by atoms with van der Waals surface area (Å²) in [5, 5.41) is 16.6. The fourth-order valence-electron chi connectivity index (χ4n) is 2.69. The molecule has 1 aromatic heterocycles. The molecule has 10 heteroatoms. The predicted octanol–water partition coefficient (Wildman–Crippen LogP) is 3.50. The second-order valence-corrected chi connectivity index (χ2v) is 6.18. The van der Waals surface area contributed by atoms with Crippen LogP contribution in [0.2, 0.25) is 0 Å². The Labute approximate surface area is 158 Å². The Balaban J connectivity index is 2.48. The van der Waals surface area contributed by atoms with Gasteiger partial charge in [0.2, 0.25) is 0 Å². The van der Waals surface area contributed by atoms with E-state index >= 15 is 0 Å². The maximum Gasteiger partial charge on any atom is 0.393 e. The van der Waals surface area contributed by atoms with Gasteiger partial charge >= 0.3 is 6.18 Å². The third-order valence-electron chi connectivity index (χ3n) is 4.24. The van der Waals surface area contributed by atoms with Crippen LogP contribution >= 0.6 is 0 Å². The van der Waals surface area contributed by atoms with E-state index in [9.17, 15) is 27.5 Å². The molecule has 2 N–H and O–H groups in total. The highest BCUT2D eigenvalue weighted by Gasteiger charge is 2.29. The summed E-state index contributed by atoms with van der Waals surface area (Å²) in [7, 11) is 1.54. The molecule has 0 saturated carbocycles. The molecule has 0 aliphatic heterocycles. The average molecular weight is 400 g/mol. The molecule has 0 aliphatic rings. The van der Waals surface area contributed by atoms with Gasteiger partial charge in [0.25, 0.3) is 0 Å². The molecule has 1 aromatic carbocycles. The number of aliphatic hydroxyl groups excluding tert-OH is 1. The van der Waals surface area contributed by atoms with Gasteiger partial charge < -0.3 is 10.4 Å². The van der Waals surface area contributed by atoms with E-state index in [0.717, 1.165) is 12.1 Å². The normalized spacial score (nSPS) is 13.5. The molecule has 1 unspecified atom stereocenters. The molecule has 0 aliphatic carbocycles. The molecule has 0 radical (unpaired) electrons. The second-order valence-electron chi connectivity index (χ2n) is 6.18. The fraction of sp³-hybridized carbons (Fsp3) is 0.389. The average Bonchev–Trinajstić information content (AvgIpc) is 2.98. The summed E-state index contributed by atoms with van der Waals surface area (Å²) in [6, 6.07) is 2.83. The molecule has 28 heavy (non-hydrogen) atoms. The van der Waals surface area contributed by atoms with Gasteiger partial charge in [0.15, 0.2) is 6.29 Å². The van der Waals surface area contributed by atoms with Crippen LogP contribution in [0.15, 0.2) is 23.2 Å². The molecule has 2 aromatic rings. The van der Waals surface area contributed by atoms with E-state index in [2.05, 4.69) is 15.4 Å². The zero-order valence-corrected chi connectivity index (χ0v) is 15.5. The van der Waals surface area contributed by atoms with Gasteiger partial charge in [-0.05, 0) is 31.0 Å². The van der Waals surface area contributed by atoms with Gasteiger partial charge in [-0.15, -0.1) is 0 Å². The molecule has 0 amide bonds. The first-order valence-corrected chi connectivity index (χ1v) is 8.34. The van der Waals surface area contributed by atoms with Crippen molar-refractivity contribution in [2.24, 2.45) is 4.99 Å². The van der Waals surface area contributed by atoms with Gasteiger partial charge in [-0.2, -0.15) is 18.3 Å². The Hall–Kier alpha value is -2.75. The lowest BCUT2D eigenvalue weighted by atomic mass is 10.0. The predicted molar refractivity (Wildman–Crippen MR) is 96.2 cm³/mol. The standard InChI is InChI=1S/C18H20F4N4O2/c1-10(12-4-5-13(15(19)6-12)7-18(20,21)22)26-17(24-11(2)23-3)14(8-27)16(9-28)25-26/h4-6,8,10,28H,7,9H2,1-3H3,(H,23,24). The van der Waals surface area contributed by atoms with Crippen LogP contribution in [0.25, 0.3) is 0 Å². The smallest absolute Gasteiger partial charge is 0.390 e. The molecular weight excluding hydrogens is 380 g/mol. The Morgan fingerprint density at radius 2 is 2.11 bits per heavy atom. The van der Waals surface area contributed by atoms with Gasteiger partial charge in [0.05, 0.1) is 30.5 Å². The first kappa shape index (κ1) is 21.5. The van der Waals surface area contributed by atoms with Gasteiger partial charge in [-0.25, -0.2) is 9.07 Å². The lowest BCUT2D eigenvalue weighted by molar-refractivity contribution is -0.127. The minimum atomic E-state index is -4.51. The molecule has 0 saturated heterocycles. The number of aldehydes is 1. The zero-order chi connectivity index (χ0) is 21.1. The summed E-state index contributed by atoms with van der Waals surface area (Å²) in [6.45, 7) is 2.80. The summed E-state index contributed by atoms with van der Waals surface area (Å²) in [4.78, 5) is 15.4. The van der Waals surface area contributed by atoms with E-state index < -0.39 is 36.6 Å². The van der Waals surface area contributed by atoms with Crippen LogP contribution in [-0.4, -0.2) is 40.2 Å². The number of alkyl halides is 3. The first-order valence-electron chi connectivity index (χ1n) is 8.34. The van der Waals surface area contributed by atoms with Gasteiger partial charge in [0.1, 0.15) is 17.3 Å². The van der Waals surface area contributed by atoms with Crippen LogP contribution in [0.4, 0.5) is 23.4 Å². The number of rotatable bonds is 6. The Morgan fingerprint density at radius 3 is 2.61 bits per heavy atom. The largest absolute Gasteiger partial charge is 0.393 e. The molecule has 2 rings (SSSR count). The van der Waals surface area contributed by atoms with Crippen molar-refractivity contribution in [3.63, 3.8) is 0 Å². The number of anilines is 1. The molecular formula is C18H20F4N4O2. The number of aliphatic hydroxyl groups is 1. The van der Waals surface area contributed by atoms with Gasteiger partial charge in [-0.1, -0.05) is 12.1 Å². The summed E-state index contributed by atoms with van der Waals surface area (Å²) in [6.07, 6.45) is -5.35. The van der Waals surface area contributed by atoms with Crippen molar-refractivity contribution in [1.82, 2.24) is 9.78 Å². The molecule has 0 fully saturated rings. The van der Waals surface area contributed by atoms with Crippen LogP contribution < -0.4 is 5.32 Å².